The summed E-state index contributed by atoms with van der Waals surface area (Å²) >= 11 is 11.9. The first-order valence-electron chi connectivity index (χ1n) is 6.53. The van der Waals surface area contributed by atoms with Crippen LogP contribution in [-0.4, -0.2) is 11.4 Å². The molecule has 0 saturated heterocycles. The van der Waals surface area contributed by atoms with E-state index < -0.39 is 17.1 Å². The molecule has 0 aliphatic carbocycles. The van der Waals surface area contributed by atoms with Gasteiger partial charge in [0.05, 0.1) is 10.6 Å². The van der Waals surface area contributed by atoms with Gasteiger partial charge in [0, 0.05) is 10.4 Å². The summed E-state index contributed by atoms with van der Waals surface area (Å²) in [6.07, 6.45) is 5.93. The molecule has 0 saturated carbocycles. The van der Waals surface area contributed by atoms with Crippen LogP contribution < -0.4 is 10.9 Å². The average molecular weight is 338 g/mol. The Balaban J connectivity index is 2.53. The van der Waals surface area contributed by atoms with Crippen LogP contribution in [0.3, 0.4) is 0 Å². The smallest absolute Gasteiger partial charge is 0.349 e. The molecule has 114 valence electrons. The third-order valence-electron chi connectivity index (χ3n) is 3.41. The van der Waals surface area contributed by atoms with Crippen LogP contribution in [0.25, 0.3) is 11.0 Å². The monoisotopic (exact) mass is 337 g/mol. The Morgan fingerprint density at radius 1 is 1.41 bits per heavy atom. The highest BCUT2D eigenvalue weighted by Crippen LogP contribution is 2.27. The number of rotatable bonds is 3. The molecule has 0 radical (unpaired) electrons. The summed E-state index contributed by atoms with van der Waals surface area (Å²) in [7, 11) is 0. The number of amides is 1. The number of carbonyl (C=O) groups is 1. The molecule has 1 amide bonds. The SMILES string of the molecule is C#CC(C)(CC)NC(=O)c1cc2cc(Cl)cc(Cl)c2oc1=O. The number of hydrogen-bond acceptors (Lipinski definition) is 3. The molecule has 1 aromatic carbocycles. The van der Waals surface area contributed by atoms with Gasteiger partial charge in [-0.2, -0.15) is 0 Å². The van der Waals surface area contributed by atoms with Gasteiger partial charge in [0.25, 0.3) is 5.91 Å². The maximum absolute atomic E-state index is 12.3. The maximum Gasteiger partial charge on any atom is 0.349 e. The zero-order valence-corrected chi connectivity index (χ0v) is 13.5. The summed E-state index contributed by atoms with van der Waals surface area (Å²) in [5.74, 6) is 1.89. The van der Waals surface area contributed by atoms with Crippen molar-refractivity contribution >= 4 is 40.1 Å². The predicted octanol–water partition coefficient (Wildman–Crippen LogP) is 3.63. The van der Waals surface area contributed by atoms with Crippen molar-refractivity contribution < 1.29 is 9.21 Å². The Hall–Kier alpha value is -1.96. The van der Waals surface area contributed by atoms with Crippen LogP contribution in [-0.2, 0) is 0 Å². The Bertz CT molecular complexity index is 851. The molecular formula is C16H13Cl2NO3. The molecule has 0 aliphatic rings. The number of benzene rings is 1. The first kappa shape index (κ1) is 16.4. The van der Waals surface area contributed by atoms with Crippen LogP contribution in [0.1, 0.15) is 30.6 Å². The van der Waals surface area contributed by atoms with E-state index in [9.17, 15) is 9.59 Å². The van der Waals surface area contributed by atoms with E-state index in [1.54, 1.807) is 13.0 Å². The summed E-state index contributed by atoms with van der Waals surface area (Å²) in [5, 5.41) is 3.68. The normalized spacial score (nSPS) is 13.4. The standard InChI is InChI=1S/C16H13Cl2NO3/c1-4-16(3,5-2)19-14(20)11-7-9-6-10(17)8-12(18)13(9)22-15(11)21/h1,6-8H,5H2,2-3H3,(H,19,20). The highest BCUT2D eigenvalue weighted by atomic mass is 35.5. The molecule has 22 heavy (non-hydrogen) atoms. The van der Waals surface area contributed by atoms with E-state index in [0.29, 0.717) is 16.8 Å². The summed E-state index contributed by atoms with van der Waals surface area (Å²) in [5.41, 5.74) is -1.60. The lowest BCUT2D eigenvalue weighted by atomic mass is 9.99. The molecule has 4 nitrogen and oxygen atoms in total. The first-order valence-corrected chi connectivity index (χ1v) is 7.28. The van der Waals surface area contributed by atoms with Crippen molar-refractivity contribution in [1.29, 1.82) is 0 Å². The summed E-state index contributed by atoms with van der Waals surface area (Å²) in [6.45, 7) is 3.53. The Labute approximate surface area is 137 Å². The lowest BCUT2D eigenvalue weighted by molar-refractivity contribution is 0.0920. The van der Waals surface area contributed by atoms with Gasteiger partial charge in [-0.3, -0.25) is 4.79 Å². The Morgan fingerprint density at radius 2 is 2.09 bits per heavy atom. The second-order valence-corrected chi connectivity index (χ2v) is 5.88. The summed E-state index contributed by atoms with van der Waals surface area (Å²) < 4.78 is 5.12. The zero-order chi connectivity index (χ0) is 16.5. The molecule has 0 bridgehead atoms. The van der Waals surface area contributed by atoms with Gasteiger partial charge in [-0.25, -0.2) is 4.79 Å². The van der Waals surface area contributed by atoms with Gasteiger partial charge in [0.2, 0.25) is 0 Å². The Morgan fingerprint density at radius 3 is 2.68 bits per heavy atom. The summed E-state index contributed by atoms with van der Waals surface area (Å²) in [4.78, 5) is 24.3. The minimum Gasteiger partial charge on any atom is -0.421 e. The van der Waals surface area contributed by atoms with Gasteiger partial charge in [-0.15, -0.1) is 6.42 Å². The quantitative estimate of drug-likeness (QED) is 0.687. The van der Waals surface area contributed by atoms with E-state index in [2.05, 4.69) is 11.2 Å². The molecule has 0 fully saturated rings. The van der Waals surface area contributed by atoms with E-state index in [1.807, 2.05) is 6.92 Å². The maximum atomic E-state index is 12.3. The van der Waals surface area contributed by atoms with Gasteiger partial charge in [0.1, 0.15) is 5.56 Å². The highest BCUT2D eigenvalue weighted by Gasteiger charge is 2.24. The van der Waals surface area contributed by atoms with Crippen molar-refractivity contribution in [3.8, 4) is 12.3 Å². The van der Waals surface area contributed by atoms with Crippen LogP contribution in [0.5, 0.6) is 0 Å². The minimum absolute atomic E-state index is 0.152. The van der Waals surface area contributed by atoms with Crippen LogP contribution in [0, 0.1) is 12.3 Å². The van der Waals surface area contributed by atoms with Crippen molar-refractivity contribution in [2.24, 2.45) is 0 Å². The van der Waals surface area contributed by atoms with Gasteiger partial charge in [-0.05, 0) is 31.5 Å². The molecule has 1 atom stereocenters. The lowest BCUT2D eigenvalue weighted by Crippen LogP contribution is -2.45. The van der Waals surface area contributed by atoms with E-state index in [0.717, 1.165) is 0 Å². The second-order valence-electron chi connectivity index (χ2n) is 5.04. The second kappa shape index (κ2) is 6.04. The molecule has 6 heteroatoms. The molecule has 0 aliphatic heterocycles. The number of hydrogen-bond donors (Lipinski definition) is 1. The first-order chi connectivity index (χ1) is 10.3. The van der Waals surface area contributed by atoms with Crippen LogP contribution in [0.4, 0.5) is 0 Å². The van der Waals surface area contributed by atoms with E-state index in [4.69, 9.17) is 34.0 Å². The van der Waals surface area contributed by atoms with E-state index in [1.165, 1.54) is 12.1 Å². The van der Waals surface area contributed by atoms with E-state index in [-0.39, 0.29) is 16.2 Å². The van der Waals surface area contributed by atoms with Crippen molar-refractivity contribution in [3.63, 3.8) is 0 Å². The fourth-order valence-corrected chi connectivity index (χ4v) is 2.41. The third kappa shape index (κ3) is 3.11. The molecule has 0 spiro atoms. The largest absolute Gasteiger partial charge is 0.421 e. The fourth-order valence-electron chi connectivity index (χ4n) is 1.86. The van der Waals surface area contributed by atoms with Crippen LogP contribution in [0.2, 0.25) is 10.0 Å². The third-order valence-corrected chi connectivity index (χ3v) is 3.91. The van der Waals surface area contributed by atoms with Gasteiger partial charge < -0.3 is 9.73 Å². The van der Waals surface area contributed by atoms with Crippen molar-refractivity contribution in [1.82, 2.24) is 5.32 Å². The zero-order valence-electron chi connectivity index (χ0n) is 12.0. The van der Waals surface area contributed by atoms with Crippen molar-refractivity contribution in [2.75, 3.05) is 0 Å². The summed E-state index contributed by atoms with van der Waals surface area (Å²) in [6, 6.07) is 4.41. The molecule has 2 aromatic rings. The molecule has 2 rings (SSSR count). The number of terminal acetylenes is 1. The Kier molecular flexibility index (Phi) is 4.50. The molecule has 1 N–H and O–H groups in total. The number of fused-ring (bicyclic) bond motifs is 1. The van der Waals surface area contributed by atoms with Crippen LogP contribution in [0.15, 0.2) is 27.4 Å². The lowest BCUT2D eigenvalue weighted by Gasteiger charge is -2.23. The number of carbonyl (C=O) groups excluding carboxylic acids is 1. The van der Waals surface area contributed by atoms with Gasteiger partial charge in [0.15, 0.2) is 5.58 Å². The van der Waals surface area contributed by atoms with E-state index >= 15 is 0 Å². The number of halogens is 2. The average Bonchev–Trinajstić information content (AvgIpc) is 2.47. The fraction of sp³-hybridized carbons (Fsp3) is 0.250. The van der Waals surface area contributed by atoms with Gasteiger partial charge >= 0.3 is 5.63 Å². The van der Waals surface area contributed by atoms with Crippen molar-refractivity contribution in [3.05, 3.63) is 44.2 Å². The predicted molar refractivity (Wildman–Crippen MR) is 87.5 cm³/mol. The number of nitrogens with one attached hydrogen (secondary N) is 1. The molecule has 1 aromatic heterocycles. The molecule has 1 unspecified atom stereocenters. The molecule has 1 heterocycles. The highest BCUT2D eigenvalue weighted by molar-refractivity contribution is 6.38. The topological polar surface area (TPSA) is 59.3 Å². The minimum atomic E-state index is -0.843. The van der Waals surface area contributed by atoms with Gasteiger partial charge in [-0.1, -0.05) is 36.0 Å². The van der Waals surface area contributed by atoms with Crippen LogP contribution >= 0.6 is 23.2 Å². The van der Waals surface area contributed by atoms with Crippen molar-refractivity contribution in [2.45, 2.75) is 25.8 Å². The molecular weight excluding hydrogens is 325 g/mol.